The van der Waals surface area contributed by atoms with E-state index < -0.39 is 0 Å². The van der Waals surface area contributed by atoms with Crippen molar-refractivity contribution in [3.8, 4) is 0 Å². The highest BCUT2D eigenvalue weighted by molar-refractivity contribution is 14.1. The van der Waals surface area contributed by atoms with Crippen molar-refractivity contribution in [3.63, 3.8) is 0 Å². The van der Waals surface area contributed by atoms with Gasteiger partial charge in [0.15, 0.2) is 0 Å². The van der Waals surface area contributed by atoms with Crippen molar-refractivity contribution < 1.29 is 0 Å². The van der Waals surface area contributed by atoms with Gasteiger partial charge in [0.25, 0.3) is 0 Å². The molecular formula is C14H11BrIN. The van der Waals surface area contributed by atoms with Gasteiger partial charge in [0, 0.05) is 19.8 Å². The first-order valence-corrected chi connectivity index (χ1v) is 7.09. The van der Waals surface area contributed by atoms with Gasteiger partial charge >= 0.3 is 0 Å². The molecule has 0 unspecified atom stereocenters. The Morgan fingerprint density at radius 3 is 2.65 bits per heavy atom. The highest BCUT2D eigenvalue weighted by Crippen LogP contribution is 2.22. The summed E-state index contributed by atoms with van der Waals surface area (Å²) in [5.41, 5.74) is 3.32. The van der Waals surface area contributed by atoms with E-state index in [1.54, 1.807) is 0 Å². The normalized spacial score (nSPS) is 11.0. The van der Waals surface area contributed by atoms with E-state index in [1.807, 2.05) is 30.5 Å². The maximum Gasteiger partial charge on any atom is 0.0633 e. The maximum absolute atomic E-state index is 4.49. The number of hydrogen-bond acceptors (Lipinski definition) is 1. The molecule has 0 fully saturated rings. The first kappa shape index (κ1) is 12.8. The number of aryl methyl sites for hydroxylation is 1. The van der Waals surface area contributed by atoms with Gasteiger partial charge in [-0.2, -0.15) is 0 Å². The fourth-order valence-corrected chi connectivity index (χ4v) is 2.21. The van der Waals surface area contributed by atoms with Crippen LogP contribution in [0.2, 0.25) is 0 Å². The molecule has 86 valence electrons. The molecule has 0 atom stereocenters. The second-order valence-corrected chi connectivity index (χ2v) is 5.73. The number of rotatable bonds is 2. The molecule has 0 radical (unpaired) electrons. The number of halogens is 2. The smallest absolute Gasteiger partial charge is 0.0633 e. The van der Waals surface area contributed by atoms with Gasteiger partial charge in [0.1, 0.15) is 0 Å². The summed E-state index contributed by atoms with van der Waals surface area (Å²) in [5.74, 6) is 0. The summed E-state index contributed by atoms with van der Waals surface area (Å²) in [7, 11) is 0. The lowest BCUT2D eigenvalue weighted by Crippen LogP contribution is -1.84. The van der Waals surface area contributed by atoms with Crippen LogP contribution in [0.15, 0.2) is 51.9 Å². The molecule has 0 spiro atoms. The number of nitrogens with zero attached hydrogens (tertiary/aromatic N) is 1. The van der Waals surface area contributed by atoms with E-state index in [-0.39, 0.29) is 0 Å². The largest absolute Gasteiger partial charge is 0.256 e. The van der Waals surface area contributed by atoms with Crippen molar-refractivity contribution in [1.82, 2.24) is 0 Å². The van der Waals surface area contributed by atoms with Crippen molar-refractivity contribution in [1.29, 1.82) is 0 Å². The van der Waals surface area contributed by atoms with Gasteiger partial charge in [-0.1, -0.05) is 34.1 Å². The Kier molecular flexibility index (Phi) is 4.34. The van der Waals surface area contributed by atoms with E-state index in [1.165, 1.54) is 9.13 Å². The average molecular weight is 400 g/mol. The predicted molar refractivity (Wildman–Crippen MR) is 85.3 cm³/mol. The molecule has 0 aliphatic rings. The third-order valence-corrected chi connectivity index (χ3v) is 4.27. The van der Waals surface area contributed by atoms with Gasteiger partial charge in [-0.3, -0.25) is 4.99 Å². The second kappa shape index (κ2) is 5.78. The molecule has 2 aromatic rings. The van der Waals surface area contributed by atoms with Gasteiger partial charge in [0.05, 0.1) is 5.69 Å². The summed E-state index contributed by atoms with van der Waals surface area (Å²) in [4.78, 5) is 4.49. The van der Waals surface area contributed by atoms with E-state index in [0.29, 0.717) is 0 Å². The van der Waals surface area contributed by atoms with Crippen molar-refractivity contribution in [3.05, 3.63) is 61.6 Å². The number of aliphatic imine (C=N–C) groups is 1. The van der Waals surface area contributed by atoms with Gasteiger partial charge in [0.2, 0.25) is 0 Å². The number of benzene rings is 2. The van der Waals surface area contributed by atoms with Crippen LogP contribution in [-0.4, -0.2) is 6.21 Å². The van der Waals surface area contributed by atoms with E-state index in [2.05, 4.69) is 68.6 Å². The van der Waals surface area contributed by atoms with Crippen LogP contribution in [0, 0.1) is 10.5 Å². The standard InChI is InChI=1S/C14H11BrIN/c1-10-8-12(6-7-13(10)15)17-9-11-4-2-3-5-14(11)16/h2-9H,1H3. The van der Waals surface area contributed by atoms with Crippen LogP contribution >= 0.6 is 38.5 Å². The zero-order valence-corrected chi connectivity index (χ0v) is 13.1. The van der Waals surface area contributed by atoms with E-state index >= 15 is 0 Å². The summed E-state index contributed by atoms with van der Waals surface area (Å²) >= 11 is 5.80. The Labute approximate surface area is 123 Å². The molecule has 2 rings (SSSR count). The summed E-state index contributed by atoms with van der Waals surface area (Å²) in [6, 6.07) is 14.3. The fraction of sp³-hybridized carbons (Fsp3) is 0.0714. The van der Waals surface area contributed by atoms with Gasteiger partial charge in [-0.25, -0.2) is 0 Å². The average Bonchev–Trinajstić information content (AvgIpc) is 2.32. The lowest BCUT2D eigenvalue weighted by atomic mass is 10.2. The SMILES string of the molecule is Cc1cc(N=Cc2ccccc2I)ccc1Br. The summed E-state index contributed by atoms with van der Waals surface area (Å²) in [6.07, 6.45) is 1.91. The van der Waals surface area contributed by atoms with Crippen LogP contribution in [0.3, 0.4) is 0 Å². The molecule has 0 saturated carbocycles. The minimum atomic E-state index is 0.977. The molecule has 0 saturated heterocycles. The van der Waals surface area contributed by atoms with Crippen LogP contribution in [0.4, 0.5) is 5.69 Å². The lowest BCUT2D eigenvalue weighted by molar-refractivity contribution is 1.40. The zero-order chi connectivity index (χ0) is 12.3. The van der Waals surface area contributed by atoms with Gasteiger partial charge < -0.3 is 0 Å². The van der Waals surface area contributed by atoms with Crippen molar-refractivity contribution in [2.45, 2.75) is 6.92 Å². The molecule has 0 heterocycles. The molecule has 1 nitrogen and oxygen atoms in total. The number of hydrogen-bond donors (Lipinski definition) is 0. The van der Waals surface area contributed by atoms with Gasteiger partial charge in [-0.15, -0.1) is 0 Å². The molecule has 0 amide bonds. The molecule has 3 heteroatoms. The van der Waals surface area contributed by atoms with Crippen LogP contribution in [0.1, 0.15) is 11.1 Å². The Morgan fingerprint density at radius 1 is 1.18 bits per heavy atom. The predicted octanol–water partition coefficient (Wildman–Crippen LogP) is 5.11. The molecule has 0 bridgehead atoms. The van der Waals surface area contributed by atoms with Crippen LogP contribution in [0.25, 0.3) is 0 Å². The van der Waals surface area contributed by atoms with Gasteiger partial charge in [-0.05, 0) is 59.3 Å². The van der Waals surface area contributed by atoms with Crippen LogP contribution < -0.4 is 0 Å². The highest BCUT2D eigenvalue weighted by Gasteiger charge is 1.96. The topological polar surface area (TPSA) is 12.4 Å². The minimum Gasteiger partial charge on any atom is -0.256 e. The van der Waals surface area contributed by atoms with E-state index in [9.17, 15) is 0 Å². The summed E-state index contributed by atoms with van der Waals surface area (Å²) in [6.45, 7) is 2.06. The quantitative estimate of drug-likeness (QED) is 0.491. The Bertz CT molecular complexity index is 564. The first-order chi connectivity index (χ1) is 8.16. The Hall–Kier alpha value is -0.680. The Morgan fingerprint density at radius 2 is 1.94 bits per heavy atom. The Balaban J connectivity index is 2.26. The van der Waals surface area contributed by atoms with Crippen molar-refractivity contribution in [2.75, 3.05) is 0 Å². The van der Waals surface area contributed by atoms with Crippen molar-refractivity contribution >= 4 is 50.4 Å². The summed E-state index contributed by atoms with van der Waals surface area (Å²) < 4.78 is 2.33. The van der Waals surface area contributed by atoms with Crippen LogP contribution in [0.5, 0.6) is 0 Å². The molecule has 0 aliphatic carbocycles. The monoisotopic (exact) mass is 399 g/mol. The maximum atomic E-state index is 4.49. The summed E-state index contributed by atoms with van der Waals surface area (Å²) in [5, 5.41) is 0. The fourth-order valence-electron chi connectivity index (χ4n) is 1.43. The molecule has 2 aromatic carbocycles. The van der Waals surface area contributed by atoms with E-state index in [0.717, 1.165) is 15.7 Å². The first-order valence-electron chi connectivity index (χ1n) is 5.21. The van der Waals surface area contributed by atoms with E-state index in [4.69, 9.17) is 0 Å². The molecule has 0 aliphatic heterocycles. The third-order valence-electron chi connectivity index (χ3n) is 2.40. The third kappa shape index (κ3) is 3.39. The highest BCUT2D eigenvalue weighted by atomic mass is 127. The molecule has 0 N–H and O–H groups in total. The van der Waals surface area contributed by atoms with Crippen molar-refractivity contribution in [2.24, 2.45) is 4.99 Å². The lowest BCUT2D eigenvalue weighted by Gasteiger charge is -2.00. The molecule has 17 heavy (non-hydrogen) atoms. The second-order valence-electron chi connectivity index (χ2n) is 3.71. The van der Waals surface area contributed by atoms with Crippen LogP contribution in [-0.2, 0) is 0 Å². The minimum absolute atomic E-state index is 0.977. The molecule has 0 aromatic heterocycles. The zero-order valence-electron chi connectivity index (χ0n) is 9.32. The molecular weight excluding hydrogens is 389 g/mol.